The van der Waals surface area contributed by atoms with Crippen molar-refractivity contribution in [3.8, 4) is 0 Å². The van der Waals surface area contributed by atoms with Crippen LogP contribution in [0.5, 0.6) is 0 Å². The molecule has 1 aromatic heterocycles. The summed E-state index contributed by atoms with van der Waals surface area (Å²) in [6.07, 6.45) is 3.88. The normalized spacial score (nSPS) is 25.4. The van der Waals surface area contributed by atoms with Crippen LogP contribution in [-0.2, 0) is 0 Å². The first-order chi connectivity index (χ1) is 9.20. The van der Waals surface area contributed by atoms with Crippen LogP contribution < -0.4 is 4.90 Å². The second-order valence-electron chi connectivity index (χ2n) is 5.93. The van der Waals surface area contributed by atoms with Gasteiger partial charge in [0.05, 0.1) is 11.9 Å². The molecule has 1 unspecified atom stereocenters. The van der Waals surface area contributed by atoms with Crippen molar-refractivity contribution in [2.24, 2.45) is 5.92 Å². The van der Waals surface area contributed by atoms with Crippen molar-refractivity contribution in [1.29, 1.82) is 0 Å². The predicted octanol–water partition coefficient (Wildman–Crippen LogP) is 2.26. The standard InChI is InChI=1S/C15H22FN3/c1-12-4-5-15(7-17-12)19-6-2-3-13(9-19)8-18-10-14(16)11-18/h4-5,7,13-14H,2-3,6,8-11H2,1H3. The van der Waals surface area contributed by atoms with Crippen LogP contribution in [0.2, 0.25) is 0 Å². The number of rotatable bonds is 3. The van der Waals surface area contributed by atoms with Crippen LogP contribution >= 0.6 is 0 Å². The molecule has 0 aliphatic carbocycles. The summed E-state index contributed by atoms with van der Waals surface area (Å²) in [5.41, 5.74) is 2.29. The molecule has 3 nitrogen and oxygen atoms in total. The highest BCUT2D eigenvalue weighted by Crippen LogP contribution is 2.25. The molecule has 3 heterocycles. The number of nitrogens with zero attached hydrogens (tertiary/aromatic N) is 3. The van der Waals surface area contributed by atoms with Crippen molar-refractivity contribution in [2.75, 3.05) is 37.6 Å². The number of hydrogen-bond acceptors (Lipinski definition) is 3. The van der Waals surface area contributed by atoms with Gasteiger partial charge in [-0.15, -0.1) is 0 Å². The summed E-state index contributed by atoms with van der Waals surface area (Å²) < 4.78 is 12.8. The Balaban J connectivity index is 1.56. The first-order valence-corrected chi connectivity index (χ1v) is 7.25. The summed E-state index contributed by atoms with van der Waals surface area (Å²) in [7, 11) is 0. The quantitative estimate of drug-likeness (QED) is 0.834. The Kier molecular flexibility index (Phi) is 3.69. The highest BCUT2D eigenvalue weighted by atomic mass is 19.1. The number of likely N-dealkylation sites (tertiary alicyclic amines) is 1. The number of anilines is 1. The Bertz CT molecular complexity index is 414. The van der Waals surface area contributed by atoms with E-state index in [1.807, 2.05) is 13.1 Å². The minimum Gasteiger partial charge on any atom is -0.370 e. The van der Waals surface area contributed by atoms with E-state index in [2.05, 4.69) is 26.9 Å². The first-order valence-electron chi connectivity index (χ1n) is 7.25. The van der Waals surface area contributed by atoms with Gasteiger partial charge in [-0.1, -0.05) is 0 Å². The number of piperidine rings is 1. The number of aryl methyl sites for hydroxylation is 1. The summed E-state index contributed by atoms with van der Waals surface area (Å²) in [4.78, 5) is 9.04. The highest BCUT2D eigenvalue weighted by molar-refractivity contribution is 5.44. The van der Waals surface area contributed by atoms with E-state index in [0.717, 1.165) is 25.3 Å². The lowest BCUT2D eigenvalue weighted by Crippen LogP contribution is -2.52. The zero-order valence-corrected chi connectivity index (χ0v) is 11.6. The van der Waals surface area contributed by atoms with Gasteiger partial charge in [0.1, 0.15) is 6.17 Å². The van der Waals surface area contributed by atoms with Gasteiger partial charge in [0.2, 0.25) is 0 Å². The Morgan fingerprint density at radius 1 is 1.32 bits per heavy atom. The number of aromatic nitrogens is 1. The fourth-order valence-corrected chi connectivity index (χ4v) is 3.12. The first kappa shape index (κ1) is 12.9. The summed E-state index contributed by atoms with van der Waals surface area (Å²) in [5.74, 6) is 0.669. The van der Waals surface area contributed by atoms with E-state index in [-0.39, 0.29) is 0 Å². The van der Waals surface area contributed by atoms with Crippen LogP contribution in [0.1, 0.15) is 18.5 Å². The summed E-state index contributed by atoms with van der Waals surface area (Å²) in [6, 6.07) is 4.23. The van der Waals surface area contributed by atoms with E-state index in [4.69, 9.17) is 0 Å². The Morgan fingerprint density at radius 2 is 2.16 bits per heavy atom. The van der Waals surface area contributed by atoms with E-state index in [1.165, 1.54) is 18.5 Å². The third-order valence-corrected chi connectivity index (χ3v) is 4.21. The van der Waals surface area contributed by atoms with Gasteiger partial charge in [0, 0.05) is 38.4 Å². The maximum atomic E-state index is 12.8. The molecule has 3 rings (SSSR count). The number of alkyl halides is 1. The van der Waals surface area contributed by atoms with E-state index in [1.54, 1.807) is 0 Å². The lowest BCUT2D eigenvalue weighted by Gasteiger charge is -2.40. The molecule has 0 radical (unpaired) electrons. The molecule has 2 saturated heterocycles. The molecule has 0 aromatic carbocycles. The summed E-state index contributed by atoms with van der Waals surface area (Å²) >= 11 is 0. The average Bonchev–Trinajstić information content (AvgIpc) is 2.38. The highest BCUT2D eigenvalue weighted by Gasteiger charge is 2.30. The van der Waals surface area contributed by atoms with Gasteiger partial charge in [0.25, 0.3) is 0 Å². The monoisotopic (exact) mass is 263 g/mol. The van der Waals surface area contributed by atoms with Gasteiger partial charge >= 0.3 is 0 Å². The van der Waals surface area contributed by atoms with Crippen LogP contribution in [0.15, 0.2) is 18.3 Å². The molecular formula is C15H22FN3. The molecule has 0 bridgehead atoms. The molecule has 4 heteroatoms. The van der Waals surface area contributed by atoms with Crippen molar-refractivity contribution < 1.29 is 4.39 Å². The van der Waals surface area contributed by atoms with Crippen molar-refractivity contribution >= 4 is 5.69 Å². The second-order valence-corrected chi connectivity index (χ2v) is 5.93. The van der Waals surface area contributed by atoms with E-state index in [0.29, 0.717) is 19.0 Å². The van der Waals surface area contributed by atoms with Crippen LogP contribution in [0, 0.1) is 12.8 Å². The summed E-state index contributed by atoms with van der Waals surface area (Å²) in [6.45, 7) is 6.55. The molecular weight excluding hydrogens is 241 g/mol. The molecule has 1 aromatic rings. The van der Waals surface area contributed by atoms with Gasteiger partial charge < -0.3 is 4.90 Å². The van der Waals surface area contributed by atoms with Gasteiger partial charge in [-0.25, -0.2) is 4.39 Å². The van der Waals surface area contributed by atoms with Gasteiger partial charge in [0.15, 0.2) is 0 Å². The molecule has 104 valence electrons. The molecule has 2 aliphatic rings. The van der Waals surface area contributed by atoms with E-state index < -0.39 is 6.17 Å². The molecule has 2 aliphatic heterocycles. The maximum Gasteiger partial charge on any atom is 0.125 e. The van der Waals surface area contributed by atoms with Crippen molar-refractivity contribution in [3.05, 3.63) is 24.0 Å². The number of hydrogen-bond donors (Lipinski definition) is 0. The molecule has 0 spiro atoms. The van der Waals surface area contributed by atoms with Crippen molar-refractivity contribution in [3.63, 3.8) is 0 Å². The molecule has 1 atom stereocenters. The average molecular weight is 263 g/mol. The van der Waals surface area contributed by atoms with Crippen LogP contribution in [0.25, 0.3) is 0 Å². The Labute approximate surface area is 114 Å². The SMILES string of the molecule is Cc1ccc(N2CCCC(CN3CC(F)C3)C2)cn1. The second kappa shape index (κ2) is 5.45. The Hall–Kier alpha value is -1.16. The van der Waals surface area contributed by atoms with Crippen molar-refractivity contribution in [2.45, 2.75) is 25.9 Å². The summed E-state index contributed by atoms with van der Waals surface area (Å²) in [5, 5.41) is 0. The van der Waals surface area contributed by atoms with Crippen LogP contribution in [0.3, 0.4) is 0 Å². The lowest BCUT2D eigenvalue weighted by molar-refractivity contribution is 0.0494. The minimum atomic E-state index is -0.582. The van der Waals surface area contributed by atoms with Crippen LogP contribution in [0.4, 0.5) is 10.1 Å². The minimum absolute atomic E-state index is 0.582. The molecule has 0 amide bonds. The van der Waals surface area contributed by atoms with Crippen LogP contribution in [-0.4, -0.2) is 48.8 Å². The van der Waals surface area contributed by atoms with Gasteiger partial charge in [-0.3, -0.25) is 9.88 Å². The molecule has 2 fully saturated rings. The zero-order chi connectivity index (χ0) is 13.2. The fraction of sp³-hybridized carbons (Fsp3) is 0.667. The fourth-order valence-electron chi connectivity index (χ4n) is 3.12. The van der Waals surface area contributed by atoms with Gasteiger partial charge in [-0.2, -0.15) is 0 Å². The zero-order valence-electron chi connectivity index (χ0n) is 11.6. The van der Waals surface area contributed by atoms with Crippen molar-refractivity contribution in [1.82, 2.24) is 9.88 Å². The molecule has 19 heavy (non-hydrogen) atoms. The largest absolute Gasteiger partial charge is 0.370 e. The number of halogens is 1. The van der Waals surface area contributed by atoms with E-state index in [9.17, 15) is 4.39 Å². The Morgan fingerprint density at radius 3 is 2.84 bits per heavy atom. The smallest absolute Gasteiger partial charge is 0.125 e. The predicted molar refractivity (Wildman–Crippen MR) is 75.2 cm³/mol. The van der Waals surface area contributed by atoms with E-state index >= 15 is 0 Å². The molecule has 0 saturated carbocycles. The van der Waals surface area contributed by atoms with Gasteiger partial charge in [-0.05, 0) is 37.8 Å². The lowest BCUT2D eigenvalue weighted by atomic mass is 9.95. The maximum absolute atomic E-state index is 12.8. The third kappa shape index (κ3) is 3.06. The third-order valence-electron chi connectivity index (χ3n) is 4.21. The molecule has 0 N–H and O–H groups in total. The number of pyridine rings is 1. The topological polar surface area (TPSA) is 19.4 Å².